The number of anilines is 1. The zero-order valence-corrected chi connectivity index (χ0v) is 16.0. The molecule has 5 heteroatoms. The molecule has 1 N–H and O–H groups in total. The highest BCUT2D eigenvalue weighted by molar-refractivity contribution is 6.09. The summed E-state index contributed by atoms with van der Waals surface area (Å²) in [5, 5.41) is 3.05. The average Bonchev–Trinajstić information content (AvgIpc) is 3.03. The smallest absolute Gasteiger partial charge is 0.239 e. The number of amides is 2. The van der Waals surface area contributed by atoms with Gasteiger partial charge in [-0.15, -0.1) is 0 Å². The first-order chi connectivity index (χ1) is 12.5. The molecule has 0 radical (unpaired) electrons. The summed E-state index contributed by atoms with van der Waals surface area (Å²) < 4.78 is 0. The number of likely N-dealkylation sites (tertiary alicyclic amines) is 1. The van der Waals surface area contributed by atoms with Gasteiger partial charge in [0.1, 0.15) is 5.92 Å². The number of rotatable bonds is 6. The number of nitrogens with one attached hydrogen (secondary N) is 1. The Balaban J connectivity index is 1.44. The van der Waals surface area contributed by atoms with Gasteiger partial charge in [-0.25, -0.2) is 0 Å². The quantitative estimate of drug-likeness (QED) is 0.796. The molecule has 3 rings (SSSR count). The van der Waals surface area contributed by atoms with E-state index in [4.69, 9.17) is 0 Å². The highest BCUT2D eigenvalue weighted by atomic mass is 16.2. The predicted octanol–water partition coefficient (Wildman–Crippen LogP) is 2.52. The minimum Gasteiger partial charge on any atom is -0.355 e. The Kier molecular flexibility index (Phi) is 6.30. The molecule has 2 aliphatic rings. The van der Waals surface area contributed by atoms with Crippen LogP contribution in [0.4, 0.5) is 5.69 Å². The van der Waals surface area contributed by atoms with Crippen molar-refractivity contribution in [2.45, 2.75) is 33.1 Å². The molecule has 2 amide bonds. The van der Waals surface area contributed by atoms with Crippen molar-refractivity contribution in [1.82, 2.24) is 10.2 Å². The fourth-order valence-corrected chi connectivity index (χ4v) is 4.05. The van der Waals surface area contributed by atoms with Crippen LogP contribution in [-0.4, -0.2) is 49.4 Å². The van der Waals surface area contributed by atoms with Gasteiger partial charge >= 0.3 is 0 Å². The number of benzene rings is 1. The Morgan fingerprint density at radius 2 is 1.81 bits per heavy atom. The van der Waals surface area contributed by atoms with Gasteiger partial charge < -0.3 is 15.1 Å². The van der Waals surface area contributed by atoms with Crippen molar-refractivity contribution in [2.75, 3.05) is 37.6 Å². The van der Waals surface area contributed by atoms with Crippen molar-refractivity contribution >= 4 is 17.5 Å². The summed E-state index contributed by atoms with van der Waals surface area (Å²) in [4.78, 5) is 29.4. The zero-order chi connectivity index (χ0) is 18.5. The summed E-state index contributed by atoms with van der Waals surface area (Å²) in [6.45, 7) is 9.21. The van der Waals surface area contributed by atoms with Crippen LogP contribution in [0.1, 0.15) is 33.1 Å². The summed E-state index contributed by atoms with van der Waals surface area (Å²) in [6, 6.07) is 9.61. The molecule has 142 valence electrons. The van der Waals surface area contributed by atoms with Gasteiger partial charge in [0.15, 0.2) is 0 Å². The molecule has 0 bridgehead atoms. The van der Waals surface area contributed by atoms with Gasteiger partial charge in [0, 0.05) is 25.3 Å². The van der Waals surface area contributed by atoms with Crippen LogP contribution >= 0.6 is 0 Å². The maximum atomic E-state index is 12.6. The number of hydrogen-bond donors (Lipinski definition) is 1. The van der Waals surface area contributed by atoms with Gasteiger partial charge in [-0.3, -0.25) is 9.59 Å². The lowest BCUT2D eigenvalue weighted by Crippen LogP contribution is -2.42. The molecular formula is C21H31N3O2. The standard InChI is InChI=1S/C21H31N3O2/c1-16(2)15-23-11-8-17(9-12-23)14-22-20(25)19-10-13-24(21(19)26)18-6-4-3-5-7-18/h3-7,16-17,19H,8-15H2,1-2H3,(H,22,25). The monoisotopic (exact) mass is 357 g/mol. The number of hydrogen-bond acceptors (Lipinski definition) is 3. The third-order valence-corrected chi connectivity index (χ3v) is 5.49. The van der Waals surface area contributed by atoms with Gasteiger partial charge in [-0.2, -0.15) is 0 Å². The van der Waals surface area contributed by atoms with Crippen LogP contribution in [0.15, 0.2) is 30.3 Å². The van der Waals surface area contributed by atoms with Crippen LogP contribution in [0.2, 0.25) is 0 Å². The molecule has 1 aromatic carbocycles. The van der Waals surface area contributed by atoms with Crippen molar-refractivity contribution < 1.29 is 9.59 Å². The van der Waals surface area contributed by atoms with Gasteiger partial charge in [0.25, 0.3) is 0 Å². The molecule has 1 unspecified atom stereocenters. The molecule has 2 aliphatic heterocycles. The fourth-order valence-electron chi connectivity index (χ4n) is 4.05. The van der Waals surface area contributed by atoms with Gasteiger partial charge in [0.05, 0.1) is 0 Å². The summed E-state index contributed by atoms with van der Waals surface area (Å²) in [5.74, 6) is 0.533. The van der Waals surface area contributed by atoms with E-state index in [1.54, 1.807) is 4.90 Å². The number of carbonyl (C=O) groups excluding carboxylic acids is 2. The maximum Gasteiger partial charge on any atom is 0.239 e. The molecule has 1 aromatic rings. The molecule has 0 spiro atoms. The first-order valence-electron chi connectivity index (χ1n) is 9.91. The second-order valence-electron chi connectivity index (χ2n) is 8.05. The van der Waals surface area contributed by atoms with E-state index in [-0.39, 0.29) is 11.8 Å². The Bertz CT molecular complexity index is 609. The first kappa shape index (κ1) is 18.9. The highest BCUT2D eigenvalue weighted by Crippen LogP contribution is 2.25. The van der Waals surface area contributed by atoms with E-state index >= 15 is 0 Å². The van der Waals surface area contributed by atoms with Crippen molar-refractivity contribution in [3.8, 4) is 0 Å². The summed E-state index contributed by atoms with van der Waals surface area (Å²) in [7, 11) is 0. The molecule has 2 heterocycles. The molecule has 26 heavy (non-hydrogen) atoms. The van der Waals surface area contributed by atoms with Crippen molar-refractivity contribution in [3.05, 3.63) is 30.3 Å². The van der Waals surface area contributed by atoms with Gasteiger partial charge in [-0.1, -0.05) is 32.0 Å². The summed E-state index contributed by atoms with van der Waals surface area (Å²) in [6.07, 6.45) is 2.86. The molecule has 5 nitrogen and oxygen atoms in total. The van der Waals surface area contributed by atoms with Crippen LogP contribution in [0.5, 0.6) is 0 Å². The van der Waals surface area contributed by atoms with Crippen molar-refractivity contribution in [2.24, 2.45) is 17.8 Å². The molecular weight excluding hydrogens is 326 g/mol. The Morgan fingerprint density at radius 1 is 1.12 bits per heavy atom. The van der Waals surface area contributed by atoms with E-state index in [0.717, 1.165) is 38.2 Å². The van der Waals surface area contributed by atoms with Crippen LogP contribution in [0.3, 0.4) is 0 Å². The van der Waals surface area contributed by atoms with Crippen LogP contribution in [-0.2, 0) is 9.59 Å². The average molecular weight is 357 g/mol. The molecule has 2 saturated heterocycles. The lowest BCUT2D eigenvalue weighted by molar-refractivity contribution is -0.132. The Hall–Kier alpha value is -1.88. The van der Waals surface area contributed by atoms with E-state index < -0.39 is 5.92 Å². The van der Waals surface area contributed by atoms with Gasteiger partial charge in [-0.05, 0) is 56.3 Å². The predicted molar refractivity (Wildman–Crippen MR) is 104 cm³/mol. The van der Waals surface area contributed by atoms with Crippen molar-refractivity contribution in [3.63, 3.8) is 0 Å². The molecule has 0 saturated carbocycles. The third kappa shape index (κ3) is 4.64. The normalized spacial score (nSPS) is 22.2. The minimum atomic E-state index is -0.531. The Labute approximate surface area is 156 Å². The fraction of sp³-hybridized carbons (Fsp3) is 0.619. The summed E-state index contributed by atoms with van der Waals surface area (Å²) in [5.41, 5.74) is 0.880. The van der Waals surface area contributed by atoms with E-state index in [1.165, 1.54) is 0 Å². The second-order valence-corrected chi connectivity index (χ2v) is 8.05. The lowest BCUT2D eigenvalue weighted by atomic mass is 9.95. The largest absolute Gasteiger partial charge is 0.355 e. The molecule has 1 atom stereocenters. The molecule has 0 aliphatic carbocycles. The number of para-hydroxylation sites is 1. The number of nitrogens with zero attached hydrogens (tertiary/aromatic N) is 2. The topological polar surface area (TPSA) is 52.7 Å². The van der Waals surface area contributed by atoms with E-state index in [1.807, 2.05) is 30.3 Å². The van der Waals surface area contributed by atoms with Crippen LogP contribution in [0, 0.1) is 17.8 Å². The Morgan fingerprint density at radius 3 is 2.46 bits per heavy atom. The third-order valence-electron chi connectivity index (χ3n) is 5.49. The lowest BCUT2D eigenvalue weighted by Gasteiger charge is -2.33. The SMILES string of the molecule is CC(C)CN1CCC(CNC(=O)C2CCN(c3ccccc3)C2=O)CC1. The first-order valence-corrected chi connectivity index (χ1v) is 9.91. The zero-order valence-electron chi connectivity index (χ0n) is 16.0. The maximum absolute atomic E-state index is 12.6. The van der Waals surface area contributed by atoms with Crippen LogP contribution in [0.25, 0.3) is 0 Å². The molecule has 2 fully saturated rings. The van der Waals surface area contributed by atoms with E-state index in [2.05, 4.69) is 24.1 Å². The highest BCUT2D eigenvalue weighted by Gasteiger charge is 2.37. The van der Waals surface area contributed by atoms with E-state index in [9.17, 15) is 9.59 Å². The number of piperidine rings is 1. The molecule has 0 aromatic heterocycles. The second kappa shape index (κ2) is 8.67. The van der Waals surface area contributed by atoms with Crippen LogP contribution < -0.4 is 10.2 Å². The minimum absolute atomic E-state index is 0.0690. The van der Waals surface area contributed by atoms with Crippen molar-refractivity contribution in [1.29, 1.82) is 0 Å². The van der Waals surface area contributed by atoms with Gasteiger partial charge in [0.2, 0.25) is 11.8 Å². The summed E-state index contributed by atoms with van der Waals surface area (Å²) >= 11 is 0. The van der Waals surface area contributed by atoms with E-state index in [0.29, 0.717) is 31.3 Å². The number of carbonyl (C=O) groups is 2.